The van der Waals surface area contributed by atoms with Crippen LogP contribution in [0.5, 0.6) is 0 Å². The number of rotatable bonds is 6. The summed E-state index contributed by atoms with van der Waals surface area (Å²) in [5, 5.41) is 2.93. The molecular weight excluding hydrogens is 321 g/mol. The monoisotopic (exact) mass is 347 g/mol. The summed E-state index contributed by atoms with van der Waals surface area (Å²) in [6, 6.07) is 8.87. The van der Waals surface area contributed by atoms with E-state index >= 15 is 0 Å². The van der Waals surface area contributed by atoms with E-state index in [9.17, 15) is 4.79 Å². The van der Waals surface area contributed by atoms with Gasteiger partial charge in [0.15, 0.2) is 0 Å². The predicted octanol–water partition coefficient (Wildman–Crippen LogP) is 2.48. The highest BCUT2D eigenvalue weighted by Crippen LogP contribution is 2.32. The second-order valence-electron chi connectivity index (χ2n) is 6.17. The zero-order valence-corrected chi connectivity index (χ0v) is 15.1. The number of hydrogen-bond donors (Lipinski definition) is 2. The van der Waals surface area contributed by atoms with E-state index in [0.29, 0.717) is 12.6 Å². The molecule has 0 bridgehead atoms. The third-order valence-corrected chi connectivity index (χ3v) is 4.00. The standard InChI is InChI=1S/C16H25N3O.2ClH/c1-12(2)19(3)11-14-6-4-5-13(9-14)10-18-15(20)16(17)7-8-16;;/h4-6,9,12H,7-8,10-11,17H2,1-3H3,(H,18,20);2*1H. The van der Waals surface area contributed by atoms with E-state index in [1.807, 2.05) is 12.1 Å². The summed E-state index contributed by atoms with van der Waals surface area (Å²) in [5.41, 5.74) is 7.66. The maximum atomic E-state index is 11.8. The molecule has 1 aliphatic rings. The molecule has 1 fully saturated rings. The van der Waals surface area contributed by atoms with Crippen LogP contribution in [0.1, 0.15) is 37.8 Å². The summed E-state index contributed by atoms with van der Waals surface area (Å²) >= 11 is 0. The third-order valence-electron chi connectivity index (χ3n) is 4.00. The van der Waals surface area contributed by atoms with E-state index in [1.54, 1.807) is 0 Å². The lowest BCUT2D eigenvalue weighted by Gasteiger charge is -2.21. The fraction of sp³-hybridized carbons (Fsp3) is 0.562. The lowest BCUT2D eigenvalue weighted by molar-refractivity contribution is -0.123. The average Bonchev–Trinajstić information content (AvgIpc) is 3.15. The summed E-state index contributed by atoms with van der Waals surface area (Å²) in [7, 11) is 2.12. The van der Waals surface area contributed by atoms with Gasteiger partial charge in [-0.3, -0.25) is 9.69 Å². The van der Waals surface area contributed by atoms with Gasteiger partial charge in [0.2, 0.25) is 5.91 Å². The molecule has 0 atom stereocenters. The normalized spacial score (nSPS) is 15.0. The van der Waals surface area contributed by atoms with Crippen molar-refractivity contribution in [3.05, 3.63) is 35.4 Å². The van der Waals surface area contributed by atoms with Crippen LogP contribution in [-0.2, 0) is 17.9 Å². The van der Waals surface area contributed by atoms with Crippen LogP contribution in [-0.4, -0.2) is 29.4 Å². The molecule has 0 aromatic heterocycles. The van der Waals surface area contributed by atoms with E-state index in [4.69, 9.17) is 5.73 Å². The molecule has 1 saturated carbocycles. The molecule has 1 amide bonds. The SMILES string of the molecule is CC(C)N(C)Cc1cccc(CNC(=O)C2(N)CC2)c1.Cl.Cl. The van der Waals surface area contributed by atoms with Gasteiger partial charge in [-0.25, -0.2) is 0 Å². The minimum Gasteiger partial charge on any atom is -0.350 e. The fourth-order valence-electron chi connectivity index (χ4n) is 2.03. The Bertz CT molecular complexity index is 490. The van der Waals surface area contributed by atoms with Crippen LogP contribution in [0.3, 0.4) is 0 Å². The number of hydrogen-bond acceptors (Lipinski definition) is 3. The first kappa shape index (κ1) is 21.2. The highest BCUT2D eigenvalue weighted by molar-refractivity contribution is 5.88. The van der Waals surface area contributed by atoms with Gasteiger partial charge in [0, 0.05) is 19.1 Å². The van der Waals surface area contributed by atoms with Gasteiger partial charge in [0.05, 0.1) is 5.54 Å². The second kappa shape index (κ2) is 8.73. The van der Waals surface area contributed by atoms with E-state index in [-0.39, 0.29) is 30.7 Å². The predicted molar refractivity (Wildman–Crippen MR) is 95.5 cm³/mol. The number of carbonyl (C=O) groups excluding carboxylic acids is 1. The topological polar surface area (TPSA) is 58.4 Å². The summed E-state index contributed by atoms with van der Waals surface area (Å²) in [5.74, 6) is -0.0257. The van der Waals surface area contributed by atoms with Crippen molar-refractivity contribution in [2.45, 2.75) is 51.4 Å². The van der Waals surface area contributed by atoms with Crippen LogP contribution in [0.2, 0.25) is 0 Å². The van der Waals surface area contributed by atoms with Crippen molar-refractivity contribution in [3.8, 4) is 0 Å². The van der Waals surface area contributed by atoms with Gasteiger partial charge in [0.25, 0.3) is 0 Å². The Morgan fingerprint density at radius 3 is 2.45 bits per heavy atom. The average molecular weight is 348 g/mol. The van der Waals surface area contributed by atoms with Crippen LogP contribution in [0.25, 0.3) is 0 Å². The third kappa shape index (κ3) is 5.76. The molecule has 126 valence electrons. The maximum Gasteiger partial charge on any atom is 0.240 e. The highest BCUT2D eigenvalue weighted by atomic mass is 35.5. The van der Waals surface area contributed by atoms with Crippen molar-refractivity contribution in [1.82, 2.24) is 10.2 Å². The Hall–Kier alpha value is -0.810. The fourth-order valence-corrected chi connectivity index (χ4v) is 2.03. The maximum absolute atomic E-state index is 11.8. The van der Waals surface area contributed by atoms with Gasteiger partial charge >= 0.3 is 0 Å². The Kier molecular flexibility index (Phi) is 8.40. The number of halogens is 2. The molecule has 2 rings (SSSR count). The molecule has 6 heteroatoms. The number of carbonyl (C=O) groups is 1. The van der Waals surface area contributed by atoms with Gasteiger partial charge in [-0.1, -0.05) is 24.3 Å². The molecule has 1 aromatic carbocycles. The van der Waals surface area contributed by atoms with Crippen LogP contribution in [0.4, 0.5) is 0 Å². The quantitative estimate of drug-likeness (QED) is 0.830. The summed E-state index contributed by atoms with van der Waals surface area (Å²) < 4.78 is 0. The van der Waals surface area contributed by atoms with Crippen LogP contribution in [0.15, 0.2) is 24.3 Å². The van der Waals surface area contributed by atoms with Crippen LogP contribution in [0, 0.1) is 0 Å². The largest absolute Gasteiger partial charge is 0.350 e. The van der Waals surface area contributed by atoms with E-state index in [1.165, 1.54) is 5.56 Å². The number of nitrogens with zero attached hydrogens (tertiary/aromatic N) is 1. The summed E-state index contributed by atoms with van der Waals surface area (Å²) in [6.45, 7) is 5.83. The van der Waals surface area contributed by atoms with Crippen LogP contribution >= 0.6 is 24.8 Å². The molecule has 3 N–H and O–H groups in total. The summed E-state index contributed by atoms with van der Waals surface area (Å²) in [4.78, 5) is 14.1. The van der Waals surface area contributed by atoms with Gasteiger partial charge in [-0.05, 0) is 44.9 Å². The van der Waals surface area contributed by atoms with Crippen LogP contribution < -0.4 is 11.1 Å². The van der Waals surface area contributed by atoms with Crippen molar-refractivity contribution in [2.24, 2.45) is 5.73 Å². The smallest absolute Gasteiger partial charge is 0.240 e. The summed E-state index contributed by atoms with van der Waals surface area (Å²) in [6.07, 6.45) is 1.61. The number of nitrogens with two attached hydrogens (primary N) is 1. The molecule has 4 nitrogen and oxygen atoms in total. The van der Waals surface area contributed by atoms with Crippen molar-refractivity contribution in [1.29, 1.82) is 0 Å². The zero-order valence-electron chi connectivity index (χ0n) is 13.5. The van der Waals surface area contributed by atoms with Gasteiger partial charge in [-0.15, -0.1) is 24.8 Å². The van der Waals surface area contributed by atoms with Gasteiger partial charge in [-0.2, -0.15) is 0 Å². The van der Waals surface area contributed by atoms with Crippen molar-refractivity contribution in [2.75, 3.05) is 7.05 Å². The molecule has 0 heterocycles. The Labute approximate surface area is 145 Å². The lowest BCUT2D eigenvalue weighted by Crippen LogP contribution is -2.42. The molecule has 0 spiro atoms. The second-order valence-corrected chi connectivity index (χ2v) is 6.17. The first-order valence-corrected chi connectivity index (χ1v) is 7.26. The first-order valence-electron chi connectivity index (χ1n) is 7.26. The molecular formula is C16H27Cl2N3O. The highest BCUT2D eigenvalue weighted by Gasteiger charge is 2.45. The van der Waals surface area contributed by atoms with E-state index in [2.05, 4.69) is 43.2 Å². The molecule has 1 aromatic rings. The van der Waals surface area contributed by atoms with Crippen molar-refractivity contribution < 1.29 is 4.79 Å². The Morgan fingerprint density at radius 2 is 1.91 bits per heavy atom. The molecule has 0 aliphatic heterocycles. The first-order chi connectivity index (χ1) is 9.40. The molecule has 0 unspecified atom stereocenters. The molecule has 1 aliphatic carbocycles. The lowest BCUT2D eigenvalue weighted by atomic mass is 10.1. The van der Waals surface area contributed by atoms with Crippen molar-refractivity contribution in [3.63, 3.8) is 0 Å². The minimum atomic E-state index is -0.588. The number of benzene rings is 1. The number of amides is 1. The molecule has 22 heavy (non-hydrogen) atoms. The minimum absolute atomic E-state index is 0. The molecule has 0 radical (unpaired) electrons. The molecule has 0 saturated heterocycles. The van der Waals surface area contributed by atoms with E-state index in [0.717, 1.165) is 24.9 Å². The van der Waals surface area contributed by atoms with E-state index < -0.39 is 5.54 Å². The Morgan fingerprint density at radius 1 is 1.32 bits per heavy atom. The zero-order chi connectivity index (χ0) is 14.8. The number of nitrogens with one attached hydrogen (secondary N) is 1. The Balaban J connectivity index is 0.00000220. The van der Waals surface area contributed by atoms with Gasteiger partial charge in [0.1, 0.15) is 0 Å². The van der Waals surface area contributed by atoms with Crippen molar-refractivity contribution >= 4 is 30.7 Å². The van der Waals surface area contributed by atoms with Gasteiger partial charge < -0.3 is 11.1 Å².